The Balaban J connectivity index is 1.88. The van der Waals surface area contributed by atoms with E-state index in [2.05, 4.69) is 31.5 Å². The van der Waals surface area contributed by atoms with Gasteiger partial charge in [-0.2, -0.15) is 0 Å². The number of anilines is 1. The molecule has 31 heavy (non-hydrogen) atoms. The summed E-state index contributed by atoms with van der Waals surface area (Å²) in [5.74, 6) is -0.0413. The second-order valence-corrected chi connectivity index (χ2v) is 7.25. The average molecular weight is 482 g/mol. The second-order valence-electron chi connectivity index (χ2n) is 6.33. The lowest BCUT2D eigenvalue weighted by molar-refractivity contribution is -0.113. The van der Waals surface area contributed by atoms with Gasteiger partial charge in [-0.3, -0.25) is 14.6 Å². The molecule has 0 spiro atoms. The predicted molar refractivity (Wildman–Crippen MR) is 122 cm³/mol. The quantitative estimate of drug-likeness (QED) is 0.491. The van der Waals surface area contributed by atoms with Crippen molar-refractivity contribution < 1.29 is 19.1 Å². The number of nitrogens with one attached hydrogen (secondary N) is 2. The zero-order valence-corrected chi connectivity index (χ0v) is 18.5. The molecule has 1 heterocycles. The van der Waals surface area contributed by atoms with Crippen molar-refractivity contribution in [3.63, 3.8) is 0 Å². The molecule has 0 aliphatic heterocycles. The zero-order chi connectivity index (χ0) is 22.2. The molecular weight excluding hydrogens is 462 g/mol. The number of aromatic nitrogens is 1. The summed E-state index contributed by atoms with van der Waals surface area (Å²) in [4.78, 5) is 29.9. The summed E-state index contributed by atoms with van der Waals surface area (Å²) in [6.07, 6.45) is 4.77. The van der Waals surface area contributed by atoms with Crippen LogP contribution in [0.4, 0.5) is 5.69 Å². The number of methoxy groups -OCH3 is 2. The van der Waals surface area contributed by atoms with Crippen molar-refractivity contribution in [3.8, 4) is 11.5 Å². The van der Waals surface area contributed by atoms with Gasteiger partial charge in [0.25, 0.3) is 11.8 Å². The van der Waals surface area contributed by atoms with Crippen molar-refractivity contribution in [1.29, 1.82) is 0 Å². The van der Waals surface area contributed by atoms with Gasteiger partial charge in [-0.1, -0.05) is 28.1 Å². The van der Waals surface area contributed by atoms with Crippen molar-refractivity contribution in [1.82, 2.24) is 10.3 Å². The van der Waals surface area contributed by atoms with Crippen LogP contribution in [0.1, 0.15) is 15.9 Å². The van der Waals surface area contributed by atoms with Gasteiger partial charge in [-0.15, -0.1) is 0 Å². The van der Waals surface area contributed by atoms with E-state index >= 15 is 0 Å². The van der Waals surface area contributed by atoms with Gasteiger partial charge in [-0.25, -0.2) is 0 Å². The number of carbonyl (C=O) groups is 2. The summed E-state index contributed by atoms with van der Waals surface area (Å²) < 4.78 is 11.3. The molecule has 0 aliphatic rings. The van der Waals surface area contributed by atoms with E-state index < -0.39 is 11.8 Å². The fourth-order valence-electron chi connectivity index (χ4n) is 2.72. The number of nitrogens with zero attached hydrogens (tertiary/aromatic N) is 1. The Hall–Kier alpha value is -3.65. The van der Waals surface area contributed by atoms with Crippen LogP contribution in [-0.2, 0) is 4.79 Å². The van der Waals surface area contributed by atoms with Crippen LogP contribution in [-0.4, -0.2) is 31.0 Å². The molecule has 0 radical (unpaired) electrons. The molecule has 0 atom stereocenters. The molecule has 2 N–H and O–H groups in total. The van der Waals surface area contributed by atoms with Gasteiger partial charge in [0.1, 0.15) is 5.70 Å². The maximum absolute atomic E-state index is 12.9. The van der Waals surface area contributed by atoms with Crippen molar-refractivity contribution in [2.24, 2.45) is 0 Å². The zero-order valence-electron chi connectivity index (χ0n) is 16.9. The average Bonchev–Trinajstić information content (AvgIpc) is 2.78. The molecule has 158 valence electrons. The van der Waals surface area contributed by atoms with Crippen LogP contribution >= 0.6 is 15.9 Å². The Morgan fingerprint density at radius 2 is 1.81 bits per heavy atom. The van der Waals surface area contributed by atoms with E-state index in [0.717, 1.165) is 4.47 Å². The molecule has 1 aromatic heterocycles. The highest BCUT2D eigenvalue weighted by Gasteiger charge is 2.17. The number of amides is 2. The van der Waals surface area contributed by atoms with E-state index in [1.807, 2.05) is 6.07 Å². The van der Waals surface area contributed by atoms with Gasteiger partial charge < -0.3 is 20.1 Å². The first-order valence-corrected chi connectivity index (χ1v) is 10.0. The SMILES string of the molecule is COc1ccc(C(=O)N/C(=C/c2cccnc2)C(=O)Nc2cccc(Br)c2)cc1OC. The van der Waals surface area contributed by atoms with E-state index in [0.29, 0.717) is 28.3 Å². The molecule has 3 rings (SSSR count). The first-order valence-electron chi connectivity index (χ1n) is 9.22. The second kappa shape index (κ2) is 10.4. The van der Waals surface area contributed by atoms with E-state index in [1.54, 1.807) is 67.0 Å². The van der Waals surface area contributed by atoms with Gasteiger partial charge in [0.05, 0.1) is 14.2 Å². The fourth-order valence-corrected chi connectivity index (χ4v) is 3.12. The largest absolute Gasteiger partial charge is 0.493 e. The standard InChI is InChI=1S/C23H20BrN3O4/c1-30-20-9-8-16(12-21(20)31-2)22(28)27-19(11-15-5-4-10-25-14-15)23(29)26-18-7-3-6-17(24)13-18/h3-14H,1-2H3,(H,26,29)(H,27,28)/b19-11+. The topological polar surface area (TPSA) is 89.5 Å². The van der Waals surface area contributed by atoms with E-state index in [-0.39, 0.29) is 5.70 Å². The highest BCUT2D eigenvalue weighted by atomic mass is 79.9. The van der Waals surface area contributed by atoms with Crippen LogP contribution in [0.5, 0.6) is 11.5 Å². The maximum atomic E-state index is 12.9. The third-order valence-corrected chi connectivity index (χ3v) is 4.71. The fraction of sp³-hybridized carbons (Fsp3) is 0.0870. The summed E-state index contributed by atoms with van der Waals surface area (Å²) in [6.45, 7) is 0. The molecule has 3 aromatic rings. The number of carbonyl (C=O) groups excluding carboxylic acids is 2. The van der Waals surface area contributed by atoms with Gasteiger partial charge >= 0.3 is 0 Å². The number of hydrogen-bond acceptors (Lipinski definition) is 5. The maximum Gasteiger partial charge on any atom is 0.272 e. The molecule has 2 amide bonds. The summed E-state index contributed by atoms with van der Waals surface area (Å²) in [5, 5.41) is 5.46. The van der Waals surface area contributed by atoms with Crippen LogP contribution in [0.15, 0.2) is 77.2 Å². The molecule has 0 saturated heterocycles. The Kier molecular flexibility index (Phi) is 7.40. The van der Waals surface area contributed by atoms with E-state index in [1.165, 1.54) is 14.2 Å². The van der Waals surface area contributed by atoms with Crippen molar-refractivity contribution in [3.05, 3.63) is 88.3 Å². The third-order valence-electron chi connectivity index (χ3n) is 4.22. The number of ether oxygens (including phenoxy) is 2. The molecule has 0 fully saturated rings. The molecular formula is C23H20BrN3O4. The summed E-state index contributed by atoms with van der Waals surface area (Å²) in [7, 11) is 3.00. The van der Waals surface area contributed by atoms with Crippen LogP contribution in [0.3, 0.4) is 0 Å². The first-order chi connectivity index (χ1) is 15.0. The summed E-state index contributed by atoms with van der Waals surface area (Å²) in [5.41, 5.74) is 1.61. The lowest BCUT2D eigenvalue weighted by Crippen LogP contribution is -2.30. The van der Waals surface area contributed by atoms with Crippen molar-refractivity contribution in [2.45, 2.75) is 0 Å². The van der Waals surface area contributed by atoms with Crippen LogP contribution in [0.2, 0.25) is 0 Å². The van der Waals surface area contributed by atoms with Crippen LogP contribution < -0.4 is 20.1 Å². The van der Waals surface area contributed by atoms with E-state index in [9.17, 15) is 9.59 Å². The smallest absolute Gasteiger partial charge is 0.272 e. The summed E-state index contributed by atoms with van der Waals surface area (Å²) >= 11 is 3.37. The lowest BCUT2D eigenvalue weighted by Gasteiger charge is -2.13. The molecule has 0 saturated carbocycles. The van der Waals surface area contributed by atoms with Crippen molar-refractivity contribution in [2.75, 3.05) is 19.5 Å². The van der Waals surface area contributed by atoms with Crippen LogP contribution in [0, 0.1) is 0 Å². The number of halogens is 1. The molecule has 0 unspecified atom stereocenters. The Morgan fingerprint density at radius 1 is 1.00 bits per heavy atom. The first kappa shape index (κ1) is 22.0. The number of rotatable bonds is 7. The Morgan fingerprint density at radius 3 is 2.48 bits per heavy atom. The van der Waals surface area contributed by atoms with Gasteiger partial charge in [0.15, 0.2) is 11.5 Å². The normalized spacial score (nSPS) is 10.9. The molecule has 0 bridgehead atoms. The Bertz CT molecular complexity index is 1120. The van der Waals surface area contributed by atoms with Gasteiger partial charge in [0.2, 0.25) is 0 Å². The minimum atomic E-state index is -0.476. The Labute approximate surface area is 188 Å². The van der Waals surface area contributed by atoms with Gasteiger partial charge in [0, 0.05) is 28.1 Å². The highest BCUT2D eigenvalue weighted by molar-refractivity contribution is 9.10. The molecule has 0 aliphatic carbocycles. The number of pyridine rings is 1. The lowest BCUT2D eigenvalue weighted by atomic mass is 10.1. The molecule has 8 heteroatoms. The number of hydrogen-bond donors (Lipinski definition) is 2. The monoisotopic (exact) mass is 481 g/mol. The van der Waals surface area contributed by atoms with E-state index in [4.69, 9.17) is 9.47 Å². The van der Waals surface area contributed by atoms with Crippen molar-refractivity contribution >= 4 is 39.5 Å². The predicted octanol–water partition coefficient (Wildman–Crippen LogP) is 4.27. The molecule has 7 nitrogen and oxygen atoms in total. The number of benzene rings is 2. The minimum absolute atomic E-state index is 0.0627. The highest BCUT2D eigenvalue weighted by Crippen LogP contribution is 2.27. The minimum Gasteiger partial charge on any atom is -0.493 e. The van der Waals surface area contributed by atoms with Gasteiger partial charge in [-0.05, 0) is 54.1 Å². The van der Waals surface area contributed by atoms with Crippen LogP contribution in [0.25, 0.3) is 6.08 Å². The molecule has 2 aromatic carbocycles. The third kappa shape index (κ3) is 5.93. The summed E-state index contributed by atoms with van der Waals surface area (Å²) in [6, 6.07) is 15.4.